The van der Waals surface area contributed by atoms with Crippen LogP contribution in [0, 0.1) is 46.3 Å². The number of phenolic OH excluding ortho intramolecular Hbond substituents is 1. The van der Waals surface area contributed by atoms with Crippen molar-refractivity contribution >= 4 is 21.6 Å². The van der Waals surface area contributed by atoms with E-state index in [9.17, 15) is 5.11 Å². The summed E-state index contributed by atoms with van der Waals surface area (Å²) in [5.74, 6) is 7.56. The van der Waals surface area contributed by atoms with Crippen LogP contribution >= 0.6 is 21.6 Å². The molecule has 4 saturated carbocycles. The van der Waals surface area contributed by atoms with E-state index < -0.39 is 0 Å². The van der Waals surface area contributed by atoms with Crippen molar-refractivity contribution in [1.82, 2.24) is 10.6 Å². The van der Waals surface area contributed by atoms with Gasteiger partial charge in [0.25, 0.3) is 0 Å². The summed E-state index contributed by atoms with van der Waals surface area (Å²) in [6, 6.07) is 16.8. The number of benzene rings is 2. The Labute approximate surface area is 318 Å². The van der Waals surface area contributed by atoms with E-state index in [1.807, 2.05) is 6.07 Å². The van der Waals surface area contributed by atoms with Gasteiger partial charge in [0, 0.05) is 30.1 Å². The number of nitrogens with one attached hydrogen (secondary N) is 2. The molecule has 1 heterocycles. The van der Waals surface area contributed by atoms with Gasteiger partial charge in [0.15, 0.2) is 0 Å². The Morgan fingerprint density at radius 1 is 0.902 bits per heavy atom. The minimum absolute atomic E-state index is 0.367. The van der Waals surface area contributed by atoms with Crippen LogP contribution in [-0.2, 0) is 19.4 Å². The Kier molecular flexibility index (Phi) is 11.6. The lowest BCUT2D eigenvalue weighted by Crippen LogP contribution is -2.52. The van der Waals surface area contributed by atoms with Crippen LogP contribution in [0.2, 0.25) is 0 Å². The predicted octanol–water partition coefficient (Wildman–Crippen LogP) is 11.1. The first kappa shape index (κ1) is 36.6. The second-order valence-electron chi connectivity index (χ2n) is 18.8. The van der Waals surface area contributed by atoms with Crippen LogP contribution in [-0.4, -0.2) is 35.2 Å². The van der Waals surface area contributed by atoms with Gasteiger partial charge in [-0.3, -0.25) is 0 Å². The molecule has 8 rings (SSSR count). The third-order valence-electron chi connectivity index (χ3n) is 14.7. The van der Waals surface area contributed by atoms with Crippen molar-refractivity contribution < 1.29 is 5.11 Å². The van der Waals surface area contributed by atoms with Crippen LogP contribution in [0.4, 0.5) is 0 Å². The van der Waals surface area contributed by atoms with Crippen LogP contribution in [0.25, 0.3) is 0 Å². The Bertz CT molecular complexity index is 1500. The monoisotopic (exact) mass is 726 g/mol. The SMILES string of the molecule is C[C@@H]1CC=C[C@]2(C1)C[C@@]1(CC[C@@H](CNC3CCCCC3)C1)C[C@@H]1C2C[C@@H]2CSSC[C@@H](C)NCc3ccccc3Cc3cc(O)cc(c3)C[C@H]1C2. The van der Waals surface area contributed by atoms with Gasteiger partial charge in [-0.15, -0.1) is 0 Å². The fourth-order valence-corrected chi connectivity index (χ4v) is 15.3. The molecule has 2 spiro atoms. The number of phenols is 1. The quantitative estimate of drug-likeness (QED) is 0.217. The fraction of sp³-hybridized carbons (Fsp3) is 0.696. The molecule has 0 amide bonds. The first-order valence-corrected chi connectivity index (χ1v) is 23.6. The molecule has 278 valence electrons. The van der Waals surface area contributed by atoms with Crippen LogP contribution < -0.4 is 10.6 Å². The number of aromatic hydroxyl groups is 1. The zero-order valence-electron chi connectivity index (χ0n) is 31.7. The molecule has 4 bridgehead atoms. The van der Waals surface area contributed by atoms with Crippen LogP contribution in [0.15, 0.2) is 54.6 Å². The summed E-state index contributed by atoms with van der Waals surface area (Å²) < 4.78 is 0. The predicted molar refractivity (Wildman–Crippen MR) is 219 cm³/mol. The topological polar surface area (TPSA) is 44.3 Å². The van der Waals surface area contributed by atoms with Crippen LogP contribution in [0.3, 0.4) is 0 Å². The van der Waals surface area contributed by atoms with Crippen molar-refractivity contribution in [2.75, 3.05) is 18.1 Å². The van der Waals surface area contributed by atoms with Crippen molar-refractivity contribution in [3.63, 3.8) is 0 Å². The van der Waals surface area contributed by atoms with Gasteiger partial charge in [-0.25, -0.2) is 0 Å². The van der Waals surface area contributed by atoms with E-state index in [-0.39, 0.29) is 0 Å². The highest BCUT2D eigenvalue weighted by atomic mass is 33.1. The molecule has 2 aromatic carbocycles. The molecule has 6 aliphatic rings. The minimum Gasteiger partial charge on any atom is -0.508 e. The normalized spacial score (nSPS) is 37.9. The first-order valence-electron chi connectivity index (χ1n) is 21.1. The van der Waals surface area contributed by atoms with Gasteiger partial charge >= 0.3 is 0 Å². The van der Waals surface area contributed by atoms with Gasteiger partial charge in [-0.05, 0) is 178 Å². The van der Waals surface area contributed by atoms with E-state index in [0.29, 0.717) is 28.5 Å². The molecule has 1 aliphatic heterocycles. The smallest absolute Gasteiger partial charge is 0.116 e. The lowest BCUT2D eigenvalue weighted by atomic mass is 9.44. The van der Waals surface area contributed by atoms with E-state index in [1.54, 1.807) is 0 Å². The van der Waals surface area contributed by atoms with Crippen molar-refractivity contribution in [2.24, 2.45) is 46.3 Å². The van der Waals surface area contributed by atoms with Crippen molar-refractivity contribution in [2.45, 2.75) is 135 Å². The third kappa shape index (κ3) is 8.63. The highest BCUT2D eigenvalue weighted by Crippen LogP contribution is 2.67. The summed E-state index contributed by atoms with van der Waals surface area (Å²) in [4.78, 5) is 0. The van der Waals surface area contributed by atoms with E-state index in [2.05, 4.69) is 94.6 Å². The Hall–Kier alpha value is -1.40. The molecule has 3 nitrogen and oxygen atoms in total. The van der Waals surface area contributed by atoms with Crippen molar-refractivity contribution in [3.8, 4) is 5.75 Å². The molecule has 0 radical (unpaired) electrons. The Morgan fingerprint density at radius 3 is 2.59 bits per heavy atom. The van der Waals surface area contributed by atoms with Gasteiger partial charge in [-0.2, -0.15) is 0 Å². The molecule has 5 aliphatic carbocycles. The fourth-order valence-electron chi connectivity index (χ4n) is 12.6. The van der Waals surface area contributed by atoms with E-state index >= 15 is 0 Å². The molecule has 2 aromatic rings. The van der Waals surface area contributed by atoms with Gasteiger partial charge < -0.3 is 15.7 Å². The summed E-state index contributed by atoms with van der Waals surface area (Å²) in [5, 5.41) is 19.1. The molecule has 0 aromatic heterocycles. The summed E-state index contributed by atoms with van der Waals surface area (Å²) >= 11 is 0. The summed E-state index contributed by atoms with van der Waals surface area (Å²) in [6.07, 6.45) is 27.2. The average molecular weight is 727 g/mol. The van der Waals surface area contributed by atoms with Crippen LogP contribution in [0.5, 0.6) is 5.75 Å². The maximum atomic E-state index is 11.2. The standard InChI is InChI=1S/C46H66N2OS2/c1-32-9-8-15-46(24-32)31-45(16-14-34(25-45)27-48-41-12-4-3-5-13-41)26-43-40-19-36-17-35(21-42(49)22-36)18-38-10-6-7-11-39(38)28-47-33(2)29-50-51-30-37(20-40)23-44(43)46/h6-8,10-11,15,17,21-22,32-34,37,40-41,43-44,47-49H,3-5,9,12-14,16,18-20,23-31H2,1-2H3/t32-,33-,34-,37-,40+,43+,44?,45-,46+/m1/s1. The van der Waals surface area contributed by atoms with Crippen molar-refractivity contribution in [1.29, 1.82) is 0 Å². The van der Waals surface area contributed by atoms with E-state index in [1.165, 1.54) is 124 Å². The van der Waals surface area contributed by atoms with Gasteiger partial charge in [0.2, 0.25) is 0 Å². The molecule has 0 saturated heterocycles. The largest absolute Gasteiger partial charge is 0.508 e. The maximum absolute atomic E-state index is 11.2. The average Bonchev–Trinajstić information content (AvgIpc) is 3.50. The molecule has 1 unspecified atom stereocenters. The second kappa shape index (κ2) is 16.1. The highest BCUT2D eigenvalue weighted by molar-refractivity contribution is 8.76. The van der Waals surface area contributed by atoms with E-state index in [4.69, 9.17) is 0 Å². The van der Waals surface area contributed by atoms with E-state index in [0.717, 1.165) is 60.8 Å². The highest BCUT2D eigenvalue weighted by Gasteiger charge is 2.58. The third-order valence-corrected chi connectivity index (χ3v) is 17.4. The molecule has 51 heavy (non-hydrogen) atoms. The number of allylic oxidation sites excluding steroid dienone is 2. The summed E-state index contributed by atoms with van der Waals surface area (Å²) in [5.41, 5.74) is 6.25. The maximum Gasteiger partial charge on any atom is 0.116 e. The molecule has 4 fully saturated rings. The molecular weight excluding hydrogens is 661 g/mol. The number of hydrogen-bond donors (Lipinski definition) is 3. The second-order valence-corrected chi connectivity index (χ2v) is 21.3. The minimum atomic E-state index is 0.367. The lowest BCUT2D eigenvalue weighted by molar-refractivity contribution is -0.0820. The first-order chi connectivity index (χ1) is 24.8. The molecular formula is C46H66N2OS2. The molecule has 9 atom stereocenters. The van der Waals surface area contributed by atoms with Gasteiger partial charge in [0.05, 0.1) is 0 Å². The molecule has 3 N–H and O–H groups in total. The van der Waals surface area contributed by atoms with Crippen LogP contribution in [0.1, 0.15) is 126 Å². The summed E-state index contributed by atoms with van der Waals surface area (Å²) in [6.45, 7) is 7.05. The zero-order valence-corrected chi connectivity index (χ0v) is 33.4. The lowest BCUT2D eigenvalue weighted by Gasteiger charge is -2.60. The zero-order chi connectivity index (χ0) is 34.8. The Morgan fingerprint density at radius 2 is 1.73 bits per heavy atom. The van der Waals surface area contributed by atoms with Gasteiger partial charge in [-0.1, -0.05) is 90.3 Å². The number of rotatable bonds is 3. The van der Waals surface area contributed by atoms with Crippen molar-refractivity contribution in [3.05, 3.63) is 76.9 Å². The number of hydrogen-bond acceptors (Lipinski definition) is 5. The molecule has 5 heteroatoms. The summed E-state index contributed by atoms with van der Waals surface area (Å²) in [7, 11) is 4.26. The van der Waals surface area contributed by atoms with Gasteiger partial charge in [0.1, 0.15) is 5.75 Å². The number of fused-ring (bicyclic) bond motifs is 8. The Balaban J connectivity index is 1.10.